The molecule has 1 N–H and O–H groups in total. The number of amides is 3. The second-order valence-corrected chi connectivity index (χ2v) is 9.80. The number of carbonyl (C=O) groups excluding carboxylic acids is 3. The lowest BCUT2D eigenvalue weighted by atomic mass is 10.2. The van der Waals surface area contributed by atoms with E-state index in [2.05, 4.69) is 10.2 Å². The summed E-state index contributed by atoms with van der Waals surface area (Å²) < 4.78 is 11.2. The Morgan fingerprint density at radius 2 is 1.74 bits per heavy atom. The number of ether oxygens (including phenoxy) is 2. The summed E-state index contributed by atoms with van der Waals surface area (Å²) in [5, 5.41) is 2.29. The molecule has 3 amide bonds. The van der Waals surface area contributed by atoms with Crippen LogP contribution in [0.3, 0.4) is 0 Å². The number of imide groups is 1. The van der Waals surface area contributed by atoms with Crippen LogP contribution < -0.4 is 15.0 Å². The van der Waals surface area contributed by atoms with Gasteiger partial charge < -0.3 is 19.7 Å². The lowest BCUT2D eigenvalue weighted by Crippen LogP contribution is -2.36. The molecule has 2 fully saturated rings. The zero-order valence-electron chi connectivity index (χ0n) is 20.7. The molecule has 2 saturated heterocycles. The summed E-state index contributed by atoms with van der Waals surface area (Å²) in [7, 11) is 0. The summed E-state index contributed by atoms with van der Waals surface area (Å²) in [4.78, 5) is 41.5. The number of hydrogen-bond donors (Lipinski definition) is 1. The van der Waals surface area contributed by atoms with Crippen molar-refractivity contribution in [1.82, 2.24) is 4.90 Å². The lowest BCUT2D eigenvalue weighted by Gasteiger charge is -2.28. The number of anilines is 2. The zero-order valence-corrected chi connectivity index (χ0v) is 21.5. The van der Waals surface area contributed by atoms with Crippen molar-refractivity contribution in [2.45, 2.75) is 6.61 Å². The fourth-order valence-electron chi connectivity index (χ4n) is 4.14. The van der Waals surface area contributed by atoms with Crippen molar-refractivity contribution in [2.24, 2.45) is 0 Å². The van der Waals surface area contributed by atoms with E-state index in [4.69, 9.17) is 9.47 Å². The average Bonchev–Trinajstić information content (AvgIpc) is 3.20. The van der Waals surface area contributed by atoms with E-state index >= 15 is 0 Å². The fraction of sp³-hybridized carbons (Fsp3) is 0.207. The molecule has 9 heteroatoms. The van der Waals surface area contributed by atoms with Gasteiger partial charge >= 0.3 is 0 Å². The maximum atomic E-state index is 12.9. The standard InChI is InChI=1S/C29H27N3O5S/c33-27(30-23-9-11-24(12-10-23)31-13-15-36-16-14-31)19-32-28(34)26(38-29(32)35)18-22-7-4-8-25(17-22)37-20-21-5-2-1-3-6-21/h1-12,17-18H,13-16,19-20H2,(H,30,33)/b26-18+. The number of nitrogens with zero attached hydrogens (tertiary/aromatic N) is 2. The Balaban J connectivity index is 1.17. The second kappa shape index (κ2) is 12.0. The van der Waals surface area contributed by atoms with Crippen molar-refractivity contribution in [1.29, 1.82) is 0 Å². The summed E-state index contributed by atoms with van der Waals surface area (Å²) in [5.74, 6) is -0.279. The normalized spacial score (nSPS) is 16.7. The molecule has 0 aliphatic carbocycles. The summed E-state index contributed by atoms with van der Waals surface area (Å²) in [6.07, 6.45) is 1.64. The van der Waals surface area contributed by atoms with Crippen LogP contribution in [0, 0.1) is 0 Å². The Kier molecular flexibility index (Phi) is 8.06. The minimum atomic E-state index is -0.492. The first kappa shape index (κ1) is 25.6. The molecule has 0 spiro atoms. The highest BCUT2D eigenvalue weighted by atomic mass is 32.2. The molecule has 0 saturated carbocycles. The van der Waals surface area contributed by atoms with Crippen LogP contribution in [0.4, 0.5) is 16.2 Å². The lowest BCUT2D eigenvalue weighted by molar-refractivity contribution is -0.127. The van der Waals surface area contributed by atoms with Crippen LogP contribution in [0.25, 0.3) is 6.08 Å². The van der Waals surface area contributed by atoms with Crippen molar-refractivity contribution in [3.05, 3.63) is 94.9 Å². The van der Waals surface area contributed by atoms with Gasteiger partial charge in [-0.25, -0.2) is 0 Å². The van der Waals surface area contributed by atoms with Crippen LogP contribution in [0.5, 0.6) is 5.75 Å². The van der Waals surface area contributed by atoms with Gasteiger partial charge in [0.1, 0.15) is 18.9 Å². The van der Waals surface area contributed by atoms with Gasteiger partial charge in [-0.2, -0.15) is 0 Å². The first-order chi connectivity index (χ1) is 18.5. The van der Waals surface area contributed by atoms with Gasteiger partial charge in [0.05, 0.1) is 18.1 Å². The van der Waals surface area contributed by atoms with E-state index in [1.54, 1.807) is 6.08 Å². The van der Waals surface area contributed by atoms with Gasteiger partial charge in [-0.3, -0.25) is 19.3 Å². The third-order valence-corrected chi connectivity index (χ3v) is 7.01. The predicted octanol–water partition coefficient (Wildman–Crippen LogP) is 4.78. The number of nitrogens with one attached hydrogen (secondary N) is 1. The maximum Gasteiger partial charge on any atom is 0.294 e. The number of rotatable bonds is 8. The zero-order chi connectivity index (χ0) is 26.3. The van der Waals surface area contributed by atoms with Crippen molar-refractivity contribution in [3.8, 4) is 5.75 Å². The minimum absolute atomic E-state index is 0.262. The molecule has 8 nitrogen and oxygen atoms in total. The predicted molar refractivity (Wildman–Crippen MR) is 148 cm³/mol. The SMILES string of the molecule is O=C(CN1C(=O)S/C(=C/c2cccc(OCc3ccccc3)c2)C1=O)Nc1ccc(N2CCOCC2)cc1. The number of hydrogen-bond acceptors (Lipinski definition) is 7. The summed E-state index contributed by atoms with van der Waals surface area (Å²) in [5.41, 5.74) is 3.43. The van der Waals surface area contributed by atoms with Crippen LogP contribution in [-0.2, 0) is 20.9 Å². The van der Waals surface area contributed by atoms with Crippen molar-refractivity contribution < 1.29 is 23.9 Å². The molecule has 0 atom stereocenters. The fourth-order valence-corrected chi connectivity index (χ4v) is 4.98. The van der Waals surface area contributed by atoms with E-state index < -0.39 is 17.1 Å². The summed E-state index contributed by atoms with van der Waals surface area (Å²) in [6, 6.07) is 24.6. The highest BCUT2D eigenvalue weighted by Crippen LogP contribution is 2.32. The maximum absolute atomic E-state index is 12.9. The average molecular weight is 530 g/mol. The van der Waals surface area contributed by atoms with Gasteiger partial charge in [0.15, 0.2) is 0 Å². The molecule has 0 bridgehead atoms. The first-order valence-electron chi connectivity index (χ1n) is 12.3. The van der Waals surface area contributed by atoms with E-state index in [0.29, 0.717) is 31.3 Å². The van der Waals surface area contributed by atoms with Crippen LogP contribution in [0.1, 0.15) is 11.1 Å². The molecular weight excluding hydrogens is 502 g/mol. The van der Waals surface area contributed by atoms with E-state index in [9.17, 15) is 14.4 Å². The monoisotopic (exact) mass is 529 g/mol. The smallest absolute Gasteiger partial charge is 0.294 e. The molecule has 194 valence electrons. The van der Waals surface area contributed by atoms with Crippen LogP contribution in [0.15, 0.2) is 83.8 Å². The number of morpholine rings is 1. The van der Waals surface area contributed by atoms with Crippen molar-refractivity contribution >= 4 is 46.3 Å². The second-order valence-electron chi connectivity index (χ2n) is 8.81. The molecule has 3 aromatic carbocycles. The van der Waals surface area contributed by atoms with E-state index in [1.807, 2.05) is 78.9 Å². The minimum Gasteiger partial charge on any atom is -0.489 e. The number of benzene rings is 3. The molecule has 0 radical (unpaired) electrons. The molecule has 3 aromatic rings. The first-order valence-corrected chi connectivity index (χ1v) is 13.1. The molecule has 2 aliphatic heterocycles. The van der Waals surface area contributed by atoms with Crippen LogP contribution >= 0.6 is 11.8 Å². The third-order valence-electron chi connectivity index (χ3n) is 6.11. The highest BCUT2D eigenvalue weighted by Gasteiger charge is 2.36. The Bertz CT molecular complexity index is 1340. The van der Waals surface area contributed by atoms with Gasteiger partial charge in [-0.05, 0) is 65.4 Å². The number of thioether (sulfide) groups is 1. The highest BCUT2D eigenvalue weighted by molar-refractivity contribution is 8.18. The molecule has 2 aliphatic rings. The molecule has 2 heterocycles. The van der Waals surface area contributed by atoms with Crippen molar-refractivity contribution in [2.75, 3.05) is 43.1 Å². The van der Waals surface area contributed by atoms with Gasteiger partial charge in [0.25, 0.3) is 11.1 Å². The summed E-state index contributed by atoms with van der Waals surface area (Å²) in [6.45, 7) is 3.10. The molecule has 0 aromatic heterocycles. The Morgan fingerprint density at radius 1 is 0.974 bits per heavy atom. The Morgan fingerprint density at radius 3 is 2.50 bits per heavy atom. The molecule has 5 rings (SSSR count). The quantitative estimate of drug-likeness (QED) is 0.420. The van der Waals surface area contributed by atoms with Gasteiger partial charge in [0.2, 0.25) is 5.91 Å². The topological polar surface area (TPSA) is 88.2 Å². The van der Waals surface area contributed by atoms with E-state index in [0.717, 1.165) is 46.6 Å². The molecule has 38 heavy (non-hydrogen) atoms. The molecular formula is C29H27N3O5S. The number of carbonyl (C=O) groups is 3. The van der Waals surface area contributed by atoms with Gasteiger partial charge in [0, 0.05) is 24.5 Å². The largest absolute Gasteiger partial charge is 0.489 e. The van der Waals surface area contributed by atoms with Crippen LogP contribution in [0.2, 0.25) is 0 Å². The van der Waals surface area contributed by atoms with Gasteiger partial charge in [-0.1, -0.05) is 42.5 Å². The third kappa shape index (κ3) is 6.42. The van der Waals surface area contributed by atoms with E-state index in [1.165, 1.54) is 0 Å². The molecule has 0 unspecified atom stereocenters. The summed E-state index contributed by atoms with van der Waals surface area (Å²) >= 11 is 0.821. The van der Waals surface area contributed by atoms with Crippen LogP contribution in [-0.4, -0.2) is 54.8 Å². The Labute approximate surface area is 225 Å². The van der Waals surface area contributed by atoms with E-state index in [-0.39, 0.29) is 11.4 Å². The van der Waals surface area contributed by atoms with Crippen molar-refractivity contribution in [3.63, 3.8) is 0 Å². The van der Waals surface area contributed by atoms with Gasteiger partial charge in [-0.15, -0.1) is 0 Å². The Hall–Kier alpha value is -4.08.